The molecule has 6 heteroatoms. The van der Waals surface area contributed by atoms with Gasteiger partial charge in [-0.1, -0.05) is 24.8 Å². The van der Waals surface area contributed by atoms with E-state index in [0.29, 0.717) is 5.95 Å². The number of nitrogens with zero attached hydrogens (tertiary/aromatic N) is 4. The molecule has 24 heavy (non-hydrogen) atoms. The van der Waals surface area contributed by atoms with Crippen molar-refractivity contribution in [3.63, 3.8) is 0 Å². The van der Waals surface area contributed by atoms with E-state index in [1.165, 1.54) is 0 Å². The number of hydrogen-bond donors (Lipinski definition) is 1. The van der Waals surface area contributed by atoms with Gasteiger partial charge in [0.15, 0.2) is 0 Å². The van der Waals surface area contributed by atoms with E-state index in [1.807, 2.05) is 60.2 Å². The molecule has 0 spiro atoms. The molecular formula is C18H19N5S. The lowest BCUT2D eigenvalue weighted by Crippen LogP contribution is -2.18. The Morgan fingerprint density at radius 1 is 1.29 bits per heavy atom. The minimum atomic E-state index is 0.0565. The summed E-state index contributed by atoms with van der Waals surface area (Å²) >= 11 is 1.60. The topological polar surface area (TPSA) is 55.6 Å². The molecule has 0 bridgehead atoms. The van der Waals surface area contributed by atoms with E-state index in [1.54, 1.807) is 24.3 Å². The summed E-state index contributed by atoms with van der Waals surface area (Å²) in [6.07, 6.45) is 5.51. The van der Waals surface area contributed by atoms with Crippen molar-refractivity contribution in [1.82, 2.24) is 19.5 Å². The number of fused-ring (bicyclic) bond motifs is 1. The Labute approximate surface area is 145 Å². The minimum Gasteiger partial charge on any atom is -0.347 e. The number of allylic oxidation sites excluding steroid dienone is 1. The first-order chi connectivity index (χ1) is 11.7. The number of nitrogens with one attached hydrogen (secondary N) is 1. The molecule has 0 radical (unpaired) electrons. The number of imidazole rings is 1. The predicted octanol–water partition coefficient (Wildman–Crippen LogP) is 4.40. The van der Waals surface area contributed by atoms with Gasteiger partial charge in [0.2, 0.25) is 5.95 Å². The van der Waals surface area contributed by atoms with E-state index in [0.717, 1.165) is 21.8 Å². The third kappa shape index (κ3) is 3.49. The van der Waals surface area contributed by atoms with E-state index in [9.17, 15) is 0 Å². The molecule has 0 saturated carbocycles. The fourth-order valence-corrected chi connectivity index (χ4v) is 2.80. The van der Waals surface area contributed by atoms with Crippen LogP contribution >= 0.6 is 11.8 Å². The highest BCUT2D eigenvalue weighted by Crippen LogP contribution is 2.21. The highest BCUT2D eigenvalue weighted by molar-refractivity contribution is 8.05. The third-order valence-electron chi connectivity index (χ3n) is 3.53. The van der Waals surface area contributed by atoms with Gasteiger partial charge >= 0.3 is 0 Å². The summed E-state index contributed by atoms with van der Waals surface area (Å²) in [4.78, 5) is 14.3. The van der Waals surface area contributed by atoms with Crippen LogP contribution in [0.15, 0.2) is 65.8 Å². The molecule has 3 aromatic rings. The van der Waals surface area contributed by atoms with Crippen LogP contribution in [0.4, 0.5) is 5.95 Å². The zero-order valence-electron chi connectivity index (χ0n) is 13.7. The first-order valence-electron chi connectivity index (χ1n) is 7.67. The number of aromatic nitrogens is 4. The lowest BCUT2D eigenvalue weighted by atomic mass is 10.3. The smallest absolute Gasteiger partial charge is 0.225 e. The Morgan fingerprint density at radius 2 is 2.12 bits per heavy atom. The maximum absolute atomic E-state index is 4.60. The molecule has 0 aliphatic heterocycles. The molecule has 122 valence electrons. The van der Waals surface area contributed by atoms with Gasteiger partial charge in [0.25, 0.3) is 0 Å². The largest absolute Gasteiger partial charge is 0.347 e. The summed E-state index contributed by atoms with van der Waals surface area (Å²) in [5.41, 5.74) is 1.96. The Morgan fingerprint density at radius 3 is 2.96 bits per heavy atom. The second-order valence-corrected chi connectivity index (χ2v) is 6.29. The van der Waals surface area contributed by atoms with Crippen molar-refractivity contribution in [3.8, 4) is 5.82 Å². The quantitative estimate of drug-likeness (QED) is 0.722. The van der Waals surface area contributed by atoms with Crippen LogP contribution < -0.4 is 5.32 Å². The summed E-state index contributed by atoms with van der Waals surface area (Å²) in [6, 6.07) is 9.90. The average molecular weight is 337 g/mol. The van der Waals surface area contributed by atoms with Crippen molar-refractivity contribution in [2.24, 2.45) is 0 Å². The summed E-state index contributed by atoms with van der Waals surface area (Å²) in [7, 11) is 0. The minimum absolute atomic E-state index is 0.0565. The molecule has 1 N–H and O–H groups in total. The Balaban J connectivity index is 1.83. The van der Waals surface area contributed by atoms with Gasteiger partial charge < -0.3 is 5.32 Å². The summed E-state index contributed by atoms with van der Waals surface area (Å²) in [5, 5.41) is 5.30. The maximum atomic E-state index is 4.60. The first kappa shape index (κ1) is 16.3. The van der Waals surface area contributed by atoms with E-state index in [2.05, 4.69) is 26.8 Å². The van der Waals surface area contributed by atoms with Crippen LogP contribution in [0.1, 0.15) is 13.8 Å². The Hall–Kier alpha value is -2.60. The van der Waals surface area contributed by atoms with Crippen molar-refractivity contribution in [2.45, 2.75) is 19.9 Å². The third-order valence-corrected chi connectivity index (χ3v) is 4.59. The lowest BCUT2D eigenvalue weighted by Gasteiger charge is -2.15. The molecule has 0 amide bonds. The monoisotopic (exact) mass is 337 g/mol. The van der Waals surface area contributed by atoms with Gasteiger partial charge in [-0.15, -0.1) is 11.8 Å². The number of para-hydroxylation sites is 2. The molecule has 2 heterocycles. The Bertz CT molecular complexity index is 884. The number of benzene rings is 1. The van der Waals surface area contributed by atoms with Crippen molar-refractivity contribution >= 4 is 28.7 Å². The summed E-state index contributed by atoms with van der Waals surface area (Å²) in [5.74, 6) is 1.35. The summed E-state index contributed by atoms with van der Waals surface area (Å²) in [6.45, 7) is 8.11. The van der Waals surface area contributed by atoms with Gasteiger partial charge in [-0.3, -0.25) is 4.57 Å². The summed E-state index contributed by atoms with van der Waals surface area (Å²) < 4.78 is 1.95. The van der Waals surface area contributed by atoms with Crippen LogP contribution in [-0.4, -0.2) is 25.6 Å². The van der Waals surface area contributed by atoms with Gasteiger partial charge in [0, 0.05) is 11.1 Å². The molecule has 0 aliphatic rings. The van der Waals surface area contributed by atoms with Crippen molar-refractivity contribution in [2.75, 3.05) is 5.32 Å². The predicted molar refractivity (Wildman–Crippen MR) is 101 cm³/mol. The second kappa shape index (κ2) is 7.31. The van der Waals surface area contributed by atoms with Crippen molar-refractivity contribution in [3.05, 3.63) is 65.8 Å². The van der Waals surface area contributed by atoms with Crippen LogP contribution in [0.3, 0.4) is 0 Å². The Kier molecular flexibility index (Phi) is 4.96. The molecule has 0 aliphatic carbocycles. The fraction of sp³-hybridized carbons (Fsp3) is 0.167. The average Bonchev–Trinajstić information content (AvgIpc) is 3.04. The molecule has 1 aromatic carbocycles. The van der Waals surface area contributed by atoms with Crippen molar-refractivity contribution in [1.29, 1.82) is 0 Å². The standard InChI is InChI=1S/C18H19N5S/c1-4-11-24-14(3)13(2)21-18-19-10-9-17(22-18)23-12-20-15-7-5-6-8-16(15)23/h4-13H,3H2,1-2H3,(H,19,21,22)/b11-4-. The molecule has 1 unspecified atom stereocenters. The lowest BCUT2D eigenvalue weighted by molar-refractivity contribution is 0.925. The van der Waals surface area contributed by atoms with Gasteiger partial charge in [0.05, 0.1) is 17.1 Å². The highest BCUT2D eigenvalue weighted by Gasteiger charge is 2.10. The highest BCUT2D eigenvalue weighted by atomic mass is 32.2. The number of hydrogen-bond acceptors (Lipinski definition) is 5. The van der Waals surface area contributed by atoms with Gasteiger partial charge in [-0.05, 0) is 37.5 Å². The second-order valence-electron chi connectivity index (χ2n) is 5.26. The van der Waals surface area contributed by atoms with Crippen LogP contribution in [0, 0.1) is 0 Å². The molecule has 0 fully saturated rings. The molecule has 3 rings (SSSR count). The molecule has 5 nitrogen and oxygen atoms in total. The van der Waals surface area contributed by atoms with Crippen LogP contribution in [-0.2, 0) is 0 Å². The zero-order valence-corrected chi connectivity index (χ0v) is 14.5. The van der Waals surface area contributed by atoms with Gasteiger partial charge in [-0.2, -0.15) is 4.98 Å². The van der Waals surface area contributed by atoms with E-state index < -0.39 is 0 Å². The number of rotatable bonds is 6. The number of thioether (sulfide) groups is 1. The SMILES string of the molecule is C=C(S/C=C\C)C(C)Nc1nccc(-n2cnc3ccccc32)n1. The molecule has 2 aromatic heterocycles. The normalized spacial score (nSPS) is 12.6. The zero-order chi connectivity index (χ0) is 16.9. The number of anilines is 1. The van der Waals surface area contributed by atoms with Crippen LogP contribution in [0.2, 0.25) is 0 Å². The molecule has 1 atom stereocenters. The van der Waals surface area contributed by atoms with Crippen LogP contribution in [0.5, 0.6) is 0 Å². The van der Waals surface area contributed by atoms with E-state index in [-0.39, 0.29) is 6.04 Å². The van der Waals surface area contributed by atoms with Crippen molar-refractivity contribution < 1.29 is 0 Å². The fourth-order valence-electron chi connectivity index (χ4n) is 2.23. The van der Waals surface area contributed by atoms with E-state index in [4.69, 9.17) is 0 Å². The maximum Gasteiger partial charge on any atom is 0.225 e. The molecule has 0 saturated heterocycles. The van der Waals surface area contributed by atoms with Gasteiger partial charge in [0.1, 0.15) is 12.1 Å². The van der Waals surface area contributed by atoms with E-state index >= 15 is 0 Å². The first-order valence-corrected chi connectivity index (χ1v) is 8.55. The van der Waals surface area contributed by atoms with Crippen LogP contribution in [0.25, 0.3) is 16.9 Å². The van der Waals surface area contributed by atoms with Gasteiger partial charge in [-0.25, -0.2) is 9.97 Å². The molecular weight excluding hydrogens is 318 g/mol.